The summed E-state index contributed by atoms with van der Waals surface area (Å²) in [7, 11) is 0. The molecule has 0 radical (unpaired) electrons. The van der Waals surface area contributed by atoms with Gasteiger partial charge in [-0.05, 0) is 58.8 Å². The van der Waals surface area contributed by atoms with E-state index in [1.165, 1.54) is 25.7 Å². The van der Waals surface area contributed by atoms with E-state index >= 15 is 0 Å². The van der Waals surface area contributed by atoms with Crippen molar-refractivity contribution in [3.8, 4) is 0 Å². The zero-order chi connectivity index (χ0) is 14.5. The summed E-state index contributed by atoms with van der Waals surface area (Å²) in [5.74, 6) is 0.832. The Morgan fingerprint density at radius 1 is 1.25 bits per heavy atom. The van der Waals surface area contributed by atoms with E-state index in [0.29, 0.717) is 22.4 Å². The monoisotopic (exact) mass is 341 g/mol. The van der Waals surface area contributed by atoms with E-state index in [2.05, 4.69) is 35.1 Å². The number of hydrogen-bond donors (Lipinski definition) is 1. The minimum Gasteiger partial charge on any atom is -0.314 e. The summed E-state index contributed by atoms with van der Waals surface area (Å²) in [5.41, 5.74) is 0.900. The molecule has 112 valence electrons. The largest absolute Gasteiger partial charge is 0.314 e. The van der Waals surface area contributed by atoms with Crippen LogP contribution in [0.4, 0.5) is 4.39 Å². The van der Waals surface area contributed by atoms with Gasteiger partial charge in [0.1, 0.15) is 5.82 Å². The molecule has 1 aromatic rings. The van der Waals surface area contributed by atoms with Gasteiger partial charge >= 0.3 is 0 Å². The van der Waals surface area contributed by atoms with Gasteiger partial charge in [-0.2, -0.15) is 0 Å². The number of benzene rings is 1. The van der Waals surface area contributed by atoms with E-state index in [-0.39, 0.29) is 5.82 Å². The molecule has 0 saturated heterocycles. The smallest absolute Gasteiger partial charge is 0.140 e. The second-order valence-electron chi connectivity index (χ2n) is 6.21. The van der Waals surface area contributed by atoms with Crippen LogP contribution >= 0.6 is 15.9 Å². The highest BCUT2D eigenvalue weighted by atomic mass is 79.9. The van der Waals surface area contributed by atoms with Gasteiger partial charge in [-0.1, -0.05) is 45.2 Å². The van der Waals surface area contributed by atoms with Crippen molar-refractivity contribution >= 4 is 15.9 Å². The van der Waals surface area contributed by atoms with Crippen LogP contribution in [0.2, 0.25) is 0 Å². The van der Waals surface area contributed by atoms with Crippen LogP contribution in [0, 0.1) is 11.7 Å². The minimum atomic E-state index is -0.0612. The number of nitrogens with one attached hydrogen (secondary N) is 1. The maximum absolute atomic E-state index is 14.4. The van der Waals surface area contributed by atoms with Crippen LogP contribution in [0.5, 0.6) is 0 Å². The highest BCUT2D eigenvalue weighted by molar-refractivity contribution is 9.10. The van der Waals surface area contributed by atoms with Gasteiger partial charge in [-0.15, -0.1) is 0 Å². The van der Waals surface area contributed by atoms with Gasteiger partial charge in [-0.3, -0.25) is 0 Å². The quantitative estimate of drug-likeness (QED) is 0.737. The third-order valence-electron chi connectivity index (χ3n) is 4.33. The molecule has 2 rings (SSSR count). The van der Waals surface area contributed by atoms with Gasteiger partial charge in [0.2, 0.25) is 0 Å². The van der Waals surface area contributed by atoms with E-state index in [9.17, 15) is 4.39 Å². The summed E-state index contributed by atoms with van der Waals surface area (Å²) in [6.07, 6.45) is 6.09. The molecule has 1 saturated carbocycles. The fraction of sp³-hybridized carbons (Fsp3) is 0.647. The molecule has 1 nitrogen and oxygen atoms in total. The predicted octanol–water partition coefficient (Wildman–Crippen LogP) is 5.25. The maximum atomic E-state index is 14.4. The topological polar surface area (TPSA) is 12.0 Å². The maximum Gasteiger partial charge on any atom is 0.140 e. The lowest BCUT2D eigenvalue weighted by molar-refractivity contribution is 0.355. The fourth-order valence-electron chi connectivity index (χ4n) is 3.23. The molecule has 1 fully saturated rings. The molecule has 1 aliphatic carbocycles. The first kappa shape index (κ1) is 16.0. The second kappa shape index (κ2) is 7.56. The predicted molar refractivity (Wildman–Crippen MR) is 86.6 cm³/mol. The fourth-order valence-corrected chi connectivity index (χ4v) is 3.61. The third-order valence-corrected chi connectivity index (χ3v) is 4.94. The van der Waals surface area contributed by atoms with Crippen molar-refractivity contribution in [2.24, 2.45) is 5.92 Å². The standard InChI is InChI=1S/C17H25BrFN/c1-12(2)20-11-13-7-4-3-5-8-14(13)15-9-6-10-16(18)17(15)19/h6,9-10,12-14,20H,3-5,7-8,11H2,1-2H3. The van der Waals surface area contributed by atoms with Gasteiger partial charge in [-0.25, -0.2) is 4.39 Å². The first-order chi connectivity index (χ1) is 9.59. The first-order valence-corrected chi connectivity index (χ1v) is 8.56. The molecule has 3 heteroatoms. The Bertz CT molecular complexity index is 433. The molecular weight excluding hydrogens is 317 g/mol. The molecule has 2 atom stereocenters. The Morgan fingerprint density at radius 2 is 2.00 bits per heavy atom. The summed E-state index contributed by atoms with van der Waals surface area (Å²) in [5, 5.41) is 3.54. The SMILES string of the molecule is CC(C)NCC1CCCCCC1c1cccc(Br)c1F. The molecule has 20 heavy (non-hydrogen) atoms. The molecule has 1 aliphatic rings. The molecule has 0 aliphatic heterocycles. The first-order valence-electron chi connectivity index (χ1n) is 7.77. The van der Waals surface area contributed by atoms with Gasteiger partial charge in [0, 0.05) is 6.04 Å². The minimum absolute atomic E-state index is 0.0612. The lowest BCUT2D eigenvalue weighted by Crippen LogP contribution is -2.31. The highest BCUT2D eigenvalue weighted by Crippen LogP contribution is 2.38. The van der Waals surface area contributed by atoms with Crippen molar-refractivity contribution in [1.82, 2.24) is 5.32 Å². The van der Waals surface area contributed by atoms with Crippen molar-refractivity contribution in [2.75, 3.05) is 6.54 Å². The third kappa shape index (κ3) is 4.05. The lowest BCUT2D eigenvalue weighted by atomic mass is 9.82. The second-order valence-corrected chi connectivity index (χ2v) is 7.06. The van der Waals surface area contributed by atoms with Crippen LogP contribution in [-0.4, -0.2) is 12.6 Å². The van der Waals surface area contributed by atoms with Crippen LogP contribution in [0.1, 0.15) is 57.4 Å². The highest BCUT2D eigenvalue weighted by Gasteiger charge is 2.27. The van der Waals surface area contributed by atoms with E-state index < -0.39 is 0 Å². The Balaban J connectivity index is 2.21. The Kier molecular flexibility index (Phi) is 6.03. The number of halogens is 2. The van der Waals surface area contributed by atoms with E-state index in [4.69, 9.17) is 0 Å². The van der Waals surface area contributed by atoms with Crippen LogP contribution in [0.25, 0.3) is 0 Å². The zero-order valence-corrected chi connectivity index (χ0v) is 14.0. The summed E-state index contributed by atoms with van der Waals surface area (Å²) in [4.78, 5) is 0. The van der Waals surface area contributed by atoms with Gasteiger partial charge < -0.3 is 5.32 Å². The molecule has 0 heterocycles. The van der Waals surface area contributed by atoms with Gasteiger partial charge in [0.15, 0.2) is 0 Å². The van der Waals surface area contributed by atoms with E-state index in [0.717, 1.165) is 18.5 Å². The van der Waals surface area contributed by atoms with Crippen LogP contribution < -0.4 is 5.32 Å². The lowest BCUT2D eigenvalue weighted by Gasteiger charge is -2.27. The average molecular weight is 342 g/mol. The van der Waals surface area contributed by atoms with Crippen molar-refractivity contribution in [1.29, 1.82) is 0 Å². The summed E-state index contributed by atoms with van der Waals surface area (Å²) >= 11 is 3.32. The molecule has 1 N–H and O–H groups in total. The Labute approximate surface area is 130 Å². The Hall–Kier alpha value is -0.410. The van der Waals surface area contributed by atoms with Gasteiger partial charge in [0.05, 0.1) is 4.47 Å². The van der Waals surface area contributed by atoms with Crippen molar-refractivity contribution < 1.29 is 4.39 Å². The molecule has 0 aromatic heterocycles. The molecular formula is C17H25BrFN. The van der Waals surface area contributed by atoms with E-state index in [1.54, 1.807) is 6.07 Å². The van der Waals surface area contributed by atoms with Crippen LogP contribution in [0.3, 0.4) is 0 Å². The normalized spacial score (nSPS) is 23.9. The average Bonchev–Trinajstić information content (AvgIpc) is 2.65. The molecule has 0 amide bonds. The van der Waals surface area contributed by atoms with Gasteiger partial charge in [0.25, 0.3) is 0 Å². The Morgan fingerprint density at radius 3 is 2.75 bits per heavy atom. The zero-order valence-electron chi connectivity index (χ0n) is 12.5. The molecule has 0 spiro atoms. The van der Waals surface area contributed by atoms with Crippen molar-refractivity contribution in [2.45, 2.75) is 57.9 Å². The molecule has 2 unspecified atom stereocenters. The van der Waals surface area contributed by atoms with Crippen LogP contribution in [-0.2, 0) is 0 Å². The summed E-state index contributed by atoms with van der Waals surface area (Å²) in [6, 6.07) is 6.21. The molecule has 0 bridgehead atoms. The van der Waals surface area contributed by atoms with Crippen molar-refractivity contribution in [3.05, 3.63) is 34.1 Å². The number of hydrogen-bond acceptors (Lipinski definition) is 1. The molecule has 1 aromatic carbocycles. The summed E-state index contributed by atoms with van der Waals surface area (Å²) in [6.45, 7) is 5.34. The van der Waals surface area contributed by atoms with Crippen LogP contribution in [0.15, 0.2) is 22.7 Å². The summed E-state index contributed by atoms with van der Waals surface area (Å²) < 4.78 is 15.0. The van der Waals surface area contributed by atoms with E-state index in [1.807, 2.05) is 12.1 Å². The van der Waals surface area contributed by atoms with Crippen molar-refractivity contribution in [3.63, 3.8) is 0 Å². The number of rotatable bonds is 4.